The molecule has 0 bridgehead atoms. The predicted molar refractivity (Wildman–Crippen MR) is 55.5 cm³/mol. The monoisotopic (exact) mass is 242 g/mol. The molecule has 6 heteroatoms. The highest BCUT2D eigenvalue weighted by Gasteiger charge is 2.09. The maximum Gasteiger partial charge on any atom is 0.135 e. The van der Waals surface area contributed by atoms with Crippen LogP contribution in [-0.2, 0) is 0 Å². The van der Waals surface area contributed by atoms with Gasteiger partial charge in [-0.15, -0.1) is 12.4 Å². The van der Waals surface area contributed by atoms with Crippen molar-refractivity contribution in [1.82, 2.24) is 4.98 Å². The van der Waals surface area contributed by atoms with Crippen molar-refractivity contribution >= 4 is 35.6 Å². The Morgan fingerprint density at radius 2 is 2.08 bits per heavy atom. The Labute approximate surface area is 92.3 Å². The van der Waals surface area contributed by atoms with Crippen molar-refractivity contribution in [3.8, 4) is 0 Å². The zero-order valence-electron chi connectivity index (χ0n) is 6.58. The molecule has 74 valence electrons. The van der Waals surface area contributed by atoms with Crippen molar-refractivity contribution in [3.05, 3.63) is 28.0 Å². The maximum atomic E-state index is 8.74. The van der Waals surface area contributed by atoms with Crippen molar-refractivity contribution in [1.29, 1.82) is 0 Å². The quantitative estimate of drug-likeness (QED) is 0.779. The Morgan fingerprint density at radius 1 is 1.46 bits per heavy atom. The Morgan fingerprint density at radius 3 is 2.54 bits per heavy atom. The molecule has 1 atom stereocenters. The fourth-order valence-electron chi connectivity index (χ4n) is 0.798. The molecule has 0 saturated heterocycles. The Bertz CT molecular complexity index is 282. The van der Waals surface area contributed by atoms with E-state index < -0.39 is 6.04 Å². The second-order valence-electron chi connectivity index (χ2n) is 2.30. The van der Waals surface area contributed by atoms with E-state index in [0.717, 1.165) is 0 Å². The maximum absolute atomic E-state index is 8.74. The summed E-state index contributed by atoms with van der Waals surface area (Å²) in [5.41, 5.74) is 6.13. The van der Waals surface area contributed by atoms with Crippen molar-refractivity contribution in [3.63, 3.8) is 0 Å². The van der Waals surface area contributed by atoms with Crippen LogP contribution in [0.2, 0.25) is 10.3 Å². The molecule has 13 heavy (non-hydrogen) atoms. The van der Waals surface area contributed by atoms with Gasteiger partial charge in [-0.25, -0.2) is 4.98 Å². The molecular weight excluding hydrogens is 234 g/mol. The molecule has 3 N–H and O–H groups in total. The number of halogens is 3. The summed E-state index contributed by atoms with van der Waals surface area (Å²) in [6, 6.07) is 2.74. The molecule has 0 saturated carbocycles. The van der Waals surface area contributed by atoms with E-state index in [1.165, 1.54) is 0 Å². The second-order valence-corrected chi connectivity index (χ2v) is 3.05. The van der Waals surface area contributed by atoms with Crippen LogP contribution in [-0.4, -0.2) is 16.7 Å². The number of aliphatic hydroxyl groups is 1. The number of nitrogens with zero attached hydrogens (tertiary/aromatic N) is 1. The molecule has 0 unspecified atom stereocenters. The molecule has 3 nitrogen and oxygen atoms in total. The largest absolute Gasteiger partial charge is 0.394 e. The first kappa shape index (κ1) is 12.9. The molecule has 0 aliphatic heterocycles. The highest BCUT2D eigenvalue weighted by atomic mass is 35.5. The molecule has 1 heterocycles. The summed E-state index contributed by atoms with van der Waals surface area (Å²) < 4.78 is 0. The van der Waals surface area contributed by atoms with Crippen LogP contribution in [0, 0.1) is 0 Å². The van der Waals surface area contributed by atoms with E-state index >= 15 is 0 Å². The highest BCUT2D eigenvalue weighted by Crippen LogP contribution is 2.21. The van der Waals surface area contributed by atoms with Crippen molar-refractivity contribution < 1.29 is 5.11 Å². The topological polar surface area (TPSA) is 59.1 Å². The van der Waals surface area contributed by atoms with Gasteiger partial charge in [0.15, 0.2) is 0 Å². The van der Waals surface area contributed by atoms with Crippen LogP contribution in [0.4, 0.5) is 0 Å². The average molecular weight is 244 g/mol. The first-order valence-corrected chi connectivity index (χ1v) is 4.09. The molecule has 0 aliphatic rings. The summed E-state index contributed by atoms with van der Waals surface area (Å²) in [5.74, 6) is 0. The zero-order valence-corrected chi connectivity index (χ0v) is 8.90. The lowest BCUT2D eigenvalue weighted by Gasteiger charge is -2.09. The minimum Gasteiger partial charge on any atom is -0.394 e. The van der Waals surface area contributed by atoms with Gasteiger partial charge in [0, 0.05) is 5.56 Å². The van der Waals surface area contributed by atoms with Gasteiger partial charge in [-0.05, 0) is 6.07 Å². The minimum absolute atomic E-state index is 0. The van der Waals surface area contributed by atoms with Gasteiger partial charge in [-0.1, -0.05) is 29.3 Å². The van der Waals surface area contributed by atoms with Gasteiger partial charge in [0.2, 0.25) is 0 Å². The van der Waals surface area contributed by atoms with Gasteiger partial charge >= 0.3 is 0 Å². The van der Waals surface area contributed by atoms with Crippen LogP contribution < -0.4 is 5.73 Å². The van der Waals surface area contributed by atoms with Crippen LogP contribution >= 0.6 is 35.6 Å². The van der Waals surface area contributed by atoms with E-state index in [1.54, 1.807) is 12.1 Å². The third-order valence-electron chi connectivity index (χ3n) is 1.44. The summed E-state index contributed by atoms with van der Waals surface area (Å²) in [6.07, 6.45) is 0. The van der Waals surface area contributed by atoms with E-state index in [0.29, 0.717) is 10.7 Å². The third-order valence-corrected chi connectivity index (χ3v) is 1.95. The van der Waals surface area contributed by atoms with Crippen LogP contribution in [0.25, 0.3) is 0 Å². The van der Waals surface area contributed by atoms with E-state index in [9.17, 15) is 0 Å². The lowest BCUT2D eigenvalue weighted by Crippen LogP contribution is -2.15. The zero-order chi connectivity index (χ0) is 9.14. The summed E-state index contributed by atoms with van der Waals surface area (Å²) in [7, 11) is 0. The van der Waals surface area contributed by atoms with Crippen molar-refractivity contribution in [2.75, 3.05) is 6.61 Å². The van der Waals surface area contributed by atoms with Gasteiger partial charge in [0.25, 0.3) is 0 Å². The Hall–Kier alpha value is -0.0600. The SMILES string of the molecule is Cl.N[C@H](CO)c1ccc(Cl)nc1Cl. The second kappa shape index (κ2) is 5.62. The van der Waals surface area contributed by atoms with Crippen LogP contribution in [0.3, 0.4) is 0 Å². The number of hydrogen-bond acceptors (Lipinski definition) is 3. The average Bonchev–Trinajstić information content (AvgIpc) is 2.03. The Kier molecular flexibility index (Phi) is 5.60. The lowest BCUT2D eigenvalue weighted by molar-refractivity contribution is 0.268. The molecule has 0 spiro atoms. The molecule has 0 aromatic carbocycles. The van der Waals surface area contributed by atoms with Gasteiger partial charge in [-0.2, -0.15) is 0 Å². The summed E-state index contributed by atoms with van der Waals surface area (Å²) in [4.78, 5) is 3.78. The molecule has 0 radical (unpaired) electrons. The molecule has 0 amide bonds. The first-order valence-electron chi connectivity index (χ1n) is 3.33. The first-order chi connectivity index (χ1) is 5.65. The van der Waals surface area contributed by atoms with E-state index in [-0.39, 0.29) is 24.2 Å². The third kappa shape index (κ3) is 3.29. The standard InChI is InChI=1S/C7H8Cl2N2O.ClH/c8-6-2-1-4(5(10)3-12)7(9)11-6;/h1-2,5,12H,3,10H2;1H/t5-;/m1./s1. The molecule has 0 fully saturated rings. The van der Waals surface area contributed by atoms with Crippen molar-refractivity contribution in [2.24, 2.45) is 5.73 Å². The number of aromatic nitrogens is 1. The molecule has 1 rings (SSSR count). The van der Waals surface area contributed by atoms with E-state index in [4.69, 9.17) is 34.0 Å². The van der Waals surface area contributed by atoms with Crippen LogP contribution in [0.5, 0.6) is 0 Å². The lowest BCUT2D eigenvalue weighted by atomic mass is 10.1. The molecule has 0 aliphatic carbocycles. The predicted octanol–water partition coefficient (Wildman–Crippen LogP) is 1.80. The number of pyridine rings is 1. The summed E-state index contributed by atoms with van der Waals surface area (Å²) >= 11 is 11.3. The number of nitrogens with two attached hydrogens (primary N) is 1. The van der Waals surface area contributed by atoms with E-state index in [2.05, 4.69) is 4.98 Å². The summed E-state index contributed by atoms with van der Waals surface area (Å²) in [6.45, 7) is -0.164. The number of hydrogen-bond donors (Lipinski definition) is 2. The fraction of sp³-hybridized carbons (Fsp3) is 0.286. The van der Waals surface area contributed by atoms with Gasteiger partial charge in [-0.3, -0.25) is 0 Å². The minimum atomic E-state index is -0.498. The number of rotatable bonds is 2. The molecule has 1 aromatic heterocycles. The van der Waals surface area contributed by atoms with Gasteiger partial charge in [0.1, 0.15) is 10.3 Å². The highest BCUT2D eigenvalue weighted by molar-refractivity contribution is 6.32. The normalized spacial score (nSPS) is 12.0. The Balaban J connectivity index is 0.00000144. The molecular formula is C7H9Cl3N2O. The van der Waals surface area contributed by atoms with Crippen molar-refractivity contribution in [2.45, 2.75) is 6.04 Å². The van der Waals surface area contributed by atoms with Crippen LogP contribution in [0.15, 0.2) is 12.1 Å². The molecule has 1 aromatic rings. The number of aliphatic hydroxyl groups excluding tert-OH is 1. The fourth-order valence-corrected chi connectivity index (χ4v) is 1.28. The van der Waals surface area contributed by atoms with Crippen LogP contribution in [0.1, 0.15) is 11.6 Å². The smallest absolute Gasteiger partial charge is 0.135 e. The van der Waals surface area contributed by atoms with Gasteiger partial charge in [0.05, 0.1) is 12.6 Å². The van der Waals surface area contributed by atoms with Gasteiger partial charge < -0.3 is 10.8 Å². The summed E-state index contributed by atoms with van der Waals surface area (Å²) in [5, 5.41) is 9.29. The van der Waals surface area contributed by atoms with E-state index in [1.807, 2.05) is 0 Å².